The van der Waals surface area contributed by atoms with Crippen LogP contribution in [0.3, 0.4) is 0 Å². The molecule has 1 fully saturated rings. The summed E-state index contributed by atoms with van der Waals surface area (Å²) >= 11 is 7.03. The van der Waals surface area contributed by atoms with Crippen LogP contribution in [0.25, 0.3) is 0 Å². The Bertz CT molecular complexity index is 839. The van der Waals surface area contributed by atoms with Crippen LogP contribution in [0.15, 0.2) is 45.3 Å². The number of carbonyl (C=O) groups excluding carboxylic acids is 1. The van der Waals surface area contributed by atoms with Crippen molar-refractivity contribution in [2.24, 2.45) is 5.92 Å². The molecule has 1 atom stereocenters. The summed E-state index contributed by atoms with van der Waals surface area (Å²) in [6.45, 7) is 8.81. The Morgan fingerprint density at radius 3 is 2.32 bits per heavy atom. The van der Waals surface area contributed by atoms with Crippen molar-refractivity contribution in [3.63, 3.8) is 0 Å². The number of nitrogens with one attached hydrogen (secondary N) is 2. The van der Waals surface area contributed by atoms with E-state index in [1.165, 1.54) is 16.7 Å². The van der Waals surface area contributed by atoms with E-state index in [1.807, 2.05) is 18.2 Å². The molecule has 3 rings (SSSR count). The van der Waals surface area contributed by atoms with E-state index in [9.17, 15) is 4.79 Å². The molecule has 3 nitrogen and oxygen atoms in total. The smallest absolute Gasteiger partial charge is 0.223 e. The molecule has 2 aromatic rings. The minimum Gasteiger partial charge on any atom is -0.352 e. The number of halogens is 2. The monoisotopic (exact) mass is 506 g/mol. The van der Waals surface area contributed by atoms with Gasteiger partial charge in [-0.25, -0.2) is 0 Å². The second-order valence-corrected chi connectivity index (χ2v) is 9.75. The summed E-state index contributed by atoms with van der Waals surface area (Å²) in [6.07, 6.45) is 1.96. The lowest BCUT2D eigenvalue weighted by Gasteiger charge is -2.42. The number of benzene rings is 2. The molecule has 1 aliphatic rings. The van der Waals surface area contributed by atoms with Crippen LogP contribution in [0.2, 0.25) is 0 Å². The standard InChI is InChI=1S/C23H28Br2N2O/c1-15-4-5-19(10-16(15)2)23(6-8-26-9-7-23)17(3)22(28)27-14-18-11-20(24)13-21(25)12-18/h4-5,10-13,17,26H,6-9,14H2,1-3H3,(H,27,28). The minimum atomic E-state index is -0.119. The third kappa shape index (κ3) is 4.69. The van der Waals surface area contributed by atoms with Gasteiger partial charge in [-0.05, 0) is 80.2 Å². The van der Waals surface area contributed by atoms with Crippen LogP contribution in [-0.2, 0) is 16.8 Å². The van der Waals surface area contributed by atoms with Gasteiger partial charge < -0.3 is 10.6 Å². The average molecular weight is 508 g/mol. The third-order valence-electron chi connectivity index (χ3n) is 6.19. The Balaban J connectivity index is 1.81. The summed E-state index contributed by atoms with van der Waals surface area (Å²) in [5, 5.41) is 6.63. The van der Waals surface area contributed by atoms with Crippen LogP contribution in [0.4, 0.5) is 0 Å². The molecule has 5 heteroatoms. The van der Waals surface area contributed by atoms with Gasteiger partial charge in [0.2, 0.25) is 5.91 Å². The first-order valence-electron chi connectivity index (χ1n) is 9.83. The van der Waals surface area contributed by atoms with Crippen molar-refractivity contribution in [2.45, 2.75) is 45.6 Å². The Morgan fingerprint density at radius 1 is 1.07 bits per heavy atom. The highest BCUT2D eigenvalue weighted by Gasteiger charge is 2.42. The summed E-state index contributed by atoms with van der Waals surface area (Å²) in [5.41, 5.74) is 4.84. The Morgan fingerprint density at radius 2 is 1.71 bits per heavy atom. The van der Waals surface area contributed by atoms with Gasteiger partial charge in [-0.15, -0.1) is 0 Å². The second kappa shape index (κ2) is 9.10. The van der Waals surface area contributed by atoms with E-state index in [2.05, 4.69) is 81.5 Å². The number of carbonyl (C=O) groups is 1. The second-order valence-electron chi connectivity index (χ2n) is 7.92. The lowest BCUT2D eigenvalue weighted by atomic mass is 9.64. The molecule has 0 spiro atoms. The van der Waals surface area contributed by atoms with E-state index in [-0.39, 0.29) is 17.2 Å². The number of piperidine rings is 1. The molecule has 1 amide bonds. The molecule has 0 aliphatic carbocycles. The maximum Gasteiger partial charge on any atom is 0.223 e. The van der Waals surface area contributed by atoms with Crippen LogP contribution >= 0.6 is 31.9 Å². The van der Waals surface area contributed by atoms with Gasteiger partial charge in [0.05, 0.1) is 0 Å². The number of aryl methyl sites for hydroxylation is 2. The van der Waals surface area contributed by atoms with E-state index in [0.717, 1.165) is 40.4 Å². The van der Waals surface area contributed by atoms with Gasteiger partial charge in [0.15, 0.2) is 0 Å². The molecule has 0 bridgehead atoms. The molecular weight excluding hydrogens is 480 g/mol. The fourth-order valence-corrected chi connectivity index (χ4v) is 5.59. The molecule has 0 aromatic heterocycles. The highest BCUT2D eigenvalue weighted by Crippen LogP contribution is 2.41. The van der Waals surface area contributed by atoms with Crippen LogP contribution in [0, 0.1) is 19.8 Å². The molecule has 2 aromatic carbocycles. The summed E-state index contributed by atoms with van der Waals surface area (Å²) < 4.78 is 2.01. The maximum atomic E-state index is 13.2. The fourth-order valence-electron chi connectivity index (χ4n) is 4.20. The Labute approximate surface area is 184 Å². The topological polar surface area (TPSA) is 41.1 Å². The number of amides is 1. The third-order valence-corrected chi connectivity index (χ3v) is 7.10. The number of rotatable bonds is 5. The van der Waals surface area contributed by atoms with Crippen LogP contribution in [0.1, 0.15) is 42.0 Å². The molecule has 1 unspecified atom stereocenters. The molecule has 2 N–H and O–H groups in total. The maximum absolute atomic E-state index is 13.2. The van der Waals surface area contributed by atoms with Gasteiger partial charge >= 0.3 is 0 Å². The molecule has 1 aliphatic heterocycles. The highest BCUT2D eigenvalue weighted by atomic mass is 79.9. The Hall–Kier alpha value is -1.17. The van der Waals surface area contributed by atoms with E-state index >= 15 is 0 Å². The number of hydrogen-bond acceptors (Lipinski definition) is 2. The molecule has 1 heterocycles. The molecule has 0 saturated carbocycles. The van der Waals surface area contributed by atoms with Crippen LogP contribution < -0.4 is 10.6 Å². The lowest BCUT2D eigenvalue weighted by molar-refractivity contribution is -0.127. The van der Waals surface area contributed by atoms with Gasteiger partial charge in [0.1, 0.15) is 0 Å². The van der Waals surface area contributed by atoms with Crippen molar-refractivity contribution < 1.29 is 4.79 Å². The molecule has 1 saturated heterocycles. The van der Waals surface area contributed by atoms with Crippen molar-refractivity contribution in [2.75, 3.05) is 13.1 Å². The summed E-state index contributed by atoms with van der Waals surface area (Å²) in [4.78, 5) is 13.2. The van der Waals surface area contributed by atoms with Crippen molar-refractivity contribution in [3.8, 4) is 0 Å². The zero-order chi connectivity index (χ0) is 20.3. The van der Waals surface area contributed by atoms with Gasteiger partial charge in [-0.1, -0.05) is 57.0 Å². The zero-order valence-corrected chi connectivity index (χ0v) is 19.9. The zero-order valence-electron chi connectivity index (χ0n) is 16.7. The predicted molar refractivity (Wildman–Crippen MR) is 123 cm³/mol. The van der Waals surface area contributed by atoms with Gasteiger partial charge in [0, 0.05) is 26.8 Å². The summed E-state index contributed by atoms with van der Waals surface area (Å²) in [5.74, 6) is 0.0310. The molecular formula is C23H28Br2N2O. The molecule has 0 radical (unpaired) electrons. The van der Waals surface area contributed by atoms with Gasteiger partial charge in [0.25, 0.3) is 0 Å². The van der Waals surface area contributed by atoms with Gasteiger partial charge in [-0.2, -0.15) is 0 Å². The first kappa shape index (κ1) is 21.5. The highest BCUT2D eigenvalue weighted by molar-refractivity contribution is 9.11. The van der Waals surface area contributed by atoms with Crippen LogP contribution in [-0.4, -0.2) is 19.0 Å². The van der Waals surface area contributed by atoms with Crippen molar-refractivity contribution in [3.05, 3.63) is 67.6 Å². The van der Waals surface area contributed by atoms with Crippen LogP contribution in [0.5, 0.6) is 0 Å². The van der Waals surface area contributed by atoms with E-state index < -0.39 is 0 Å². The molecule has 28 heavy (non-hydrogen) atoms. The number of hydrogen-bond donors (Lipinski definition) is 2. The largest absolute Gasteiger partial charge is 0.352 e. The average Bonchev–Trinajstić information content (AvgIpc) is 2.67. The quantitative estimate of drug-likeness (QED) is 0.568. The normalized spacial score (nSPS) is 17.2. The van der Waals surface area contributed by atoms with Gasteiger partial charge in [-0.3, -0.25) is 4.79 Å². The van der Waals surface area contributed by atoms with Crippen molar-refractivity contribution in [1.82, 2.24) is 10.6 Å². The first-order chi connectivity index (χ1) is 13.3. The first-order valence-corrected chi connectivity index (χ1v) is 11.4. The summed E-state index contributed by atoms with van der Waals surface area (Å²) in [6, 6.07) is 12.8. The lowest BCUT2D eigenvalue weighted by Crippen LogP contribution is -2.49. The Kier molecular flexibility index (Phi) is 7.00. The SMILES string of the molecule is Cc1ccc(C2(C(C)C(=O)NCc3cc(Br)cc(Br)c3)CCNCC2)cc1C. The molecule has 150 valence electrons. The van der Waals surface area contributed by atoms with E-state index in [1.54, 1.807) is 0 Å². The summed E-state index contributed by atoms with van der Waals surface area (Å²) in [7, 11) is 0. The predicted octanol–water partition coefficient (Wildman–Crippen LogP) is 5.40. The minimum absolute atomic E-state index is 0.0905. The fraction of sp³-hybridized carbons (Fsp3) is 0.435. The van der Waals surface area contributed by atoms with Crippen molar-refractivity contribution in [1.29, 1.82) is 0 Å². The van der Waals surface area contributed by atoms with E-state index in [0.29, 0.717) is 6.54 Å². The van der Waals surface area contributed by atoms with Crippen molar-refractivity contribution >= 4 is 37.8 Å². The van der Waals surface area contributed by atoms with E-state index in [4.69, 9.17) is 0 Å².